The van der Waals surface area contributed by atoms with Crippen LogP contribution in [0.15, 0.2) is 0 Å². The van der Waals surface area contributed by atoms with Crippen molar-refractivity contribution in [3.05, 3.63) is 0 Å². The average molecular weight is 223 g/mol. The van der Waals surface area contributed by atoms with E-state index in [0.717, 1.165) is 6.42 Å². The minimum absolute atomic E-state index is 0.111. The standard InChI is InChI=1S/C8H21N3O2S/c1-7(2)5-8(6-11(3)4)10-14(9,12)13/h7-8,10H,5-6H2,1-4H3,(H2,9,12,13). The fraction of sp³-hybridized carbons (Fsp3) is 1.00. The molecule has 0 aliphatic carbocycles. The number of nitrogens with zero attached hydrogens (tertiary/aromatic N) is 1. The number of nitrogens with one attached hydrogen (secondary N) is 1. The largest absolute Gasteiger partial charge is 0.308 e. The van der Waals surface area contributed by atoms with Crippen LogP contribution >= 0.6 is 0 Å². The monoisotopic (exact) mass is 223 g/mol. The summed E-state index contributed by atoms with van der Waals surface area (Å²) >= 11 is 0. The summed E-state index contributed by atoms with van der Waals surface area (Å²) < 4.78 is 24.1. The normalized spacial score (nSPS) is 15.1. The summed E-state index contributed by atoms with van der Waals surface area (Å²) in [4.78, 5) is 1.94. The van der Waals surface area contributed by atoms with Crippen LogP contribution in [0.2, 0.25) is 0 Å². The molecule has 0 aromatic heterocycles. The maximum Gasteiger partial charge on any atom is 0.274 e. The predicted molar refractivity (Wildman–Crippen MR) is 58.0 cm³/mol. The third kappa shape index (κ3) is 8.43. The van der Waals surface area contributed by atoms with Gasteiger partial charge in [-0.25, -0.2) is 5.14 Å². The molecule has 0 bridgehead atoms. The molecule has 0 heterocycles. The zero-order chi connectivity index (χ0) is 11.4. The van der Waals surface area contributed by atoms with Crippen molar-refractivity contribution >= 4 is 10.2 Å². The second kappa shape index (κ2) is 5.65. The van der Waals surface area contributed by atoms with E-state index in [9.17, 15) is 8.42 Å². The summed E-state index contributed by atoms with van der Waals surface area (Å²) in [6, 6.07) is -0.111. The van der Waals surface area contributed by atoms with Gasteiger partial charge in [0, 0.05) is 12.6 Å². The smallest absolute Gasteiger partial charge is 0.274 e. The first-order valence-corrected chi connectivity index (χ1v) is 6.20. The molecule has 0 aromatic rings. The fourth-order valence-electron chi connectivity index (χ4n) is 1.40. The highest BCUT2D eigenvalue weighted by Crippen LogP contribution is 2.05. The second-order valence-corrected chi connectivity index (χ2v) is 5.58. The van der Waals surface area contributed by atoms with Crippen LogP contribution in [0, 0.1) is 5.92 Å². The molecule has 0 rings (SSSR count). The molecule has 3 N–H and O–H groups in total. The number of nitrogens with two attached hydrogens (primary N) is 1. The van der Waals surface area contributed by atoms with Crippen molar-refractivity contribution in [3.63, 3.8) is 0 Å². The molecule has 0 fully saturated rings. The van der Waals surface area contributed by atoms with Gasteiger partial charge in [-0.15, -0.1) is 0 Å². The topological polar surface area (TPSA) is 75.4 Å². The van der Waals surface area contributed by atoms with Crippen LogP contribution < -0.4 is 9.86 Å². The van der Waals surface area contributed by atoms with E-state index >= 15 is 0 Å². The summed E-state index contributed by atoms with van der Waals surface area (Å²) in [6.45, 7) is 4.76. The van der Waals surface area contributed by atoms with E-state index in [0.29, 0.717) is 12.5 Å². The van der Waals surface area contributed by atoms with Gasteiger partial charge in [-0.3, -0.25) is 0 Å². The Morgan fingerprint density at radius 1 is 1.36 bits per heavy atom. The van der Waals surface area contributed by atoms with Crippen LogP contribution in [0.3, 0.4) is 0 Å². The van der Waals surface area contributed by atoms with Gasteiger partial charge in [0.2, 0.25) is 0 Å². The molecule has 14 heavy (non-hydrogen) atoms. The summed E-state index contributed by atoms with van der Waals surface area (Å²) in [5.74, 6) is 0.439. The molecule has 1 atom stereocenters. The Labute approximate surface area is 86.8 Å². The zero-order valence-corrected chi connectivity index (χ0v) is 10.1. The van der Waals surface area contributed by atoms with Gasteiger partial charge in [-0.05, 0) is 26.4 Å². The Kier molecular flexibility index (Phi) is 5.58. The van der Waals surface area contributed by atoms with Gasteiger partial charge in [-0.1, -0.05) is 13.8 Å². The van der Waals surface area contributed by atoms with Crippen LogP contribution in [0.1, 0.15) is 20.3 Å². The second-order valence-electron chi connectivity index (χ2n) is 4.25. The highest BCUT2D eigenvalue weighted by Gasteiger charge is 2.16. The van der Waals surface area contributed by atoms with Crippen LogP contribution in [-0.4, -0.2) is 40.0 Å². The quantitative estimate of drug-likeness (QED) is 0.652. The lowest BCUT2D eigenvalue weighted by Gasteiger charge is -2.22. The lowest BCUT2D eigenvalue weighted by Crippen LogP contribution is -2.45. The van der Waals surface area contributed by atoms with Crippen LogP contribution in [0.25, 0.3) is 0 Å². The number of rotatable bonds is 6. The molecule has 0 amide bonds. The van der Waals surface area contributed by atoms with E-state index in [4.69, 9.17) is 5.14 Å². The maximum atomic E-state index is 10.9. The average Bonchev–Trinajstić information content (AvgIpc) is 1.77. The predicted octanol–water partition coefficient (Wildman–Crippen LogP) is -0.244. The fourth-order valence-corrected chi connectivity index (χ4v) is 2.04. The Bertz CT molecular complexity index is 239. The Morgan fingerprint density at radius 2 is 1.86 bits per heavy atom. The van der Waals surface area contributed by atoms with Crippen molar-refractivity contribution in [1.29, 1.82) is 0 Å². The van der Waals surface area contributed by atoms with E-state index in [-0.39, 0.29) is 6.04 Å². The van der Waals surface area contributed by atoms with Crippen LogP contribution in [0.4, 0.5) is 0 Å². The minimum Gasteiger partial charge on any atom is -0.308 e. The van der Waals surface area contributed by atoms with Gasteiger partial charge >= 0.3 is 0 Å². The molecule has 86 valence electrons. The van der Waals surface area contributed by atoms with Crippen molar-refractivity contribution in [3.8, 4) is 0 Å². The van der Waals surface area contributed by atoms with Gasteiger partial charge in [0.25, 0.3) is 10.2 Å². The molecule has 0 aromatic carbocycles. The molecular weight excluding hydrogens is 202 g/mol. The third-order valence-corrected chi connectivity index (χ3v) is 2.33. The first-order chi connectivity index (χ1) is 6.20. The molecule has 0 saturated heterocycles. The Balaban J connectivity index is 4.25. The molecule has 0 radical (unpaired) electrons. The molecular formula is C8H21N3O2S. The molecule has 0 aliphatic heterocycles. The summed E-state index contributed by atoms with van der Waals surface area (Å²) in [7, 11) is 0.211. The Morgan fingerprint density at radius 3 is 2.14 bits per heavy atom. The molecule has 1 unspecified atom stereocenters. The first-order valence-electron chi connectivity index (χ1n) is 4.65. The van der Waals surface area contributed by atoms with Gasteiger partial charge < -0.3 is 4.90 Å². The molecule has 5 nitrogen and oxygen atoms in total. The van der Waals surface area contributed by atoms with Gasteiger partial charge in [0.15, 0.2) is 0 Å². The van der Waals surface area contributed by atoms with Gasteiger partial charge in [-0.2, -0.15) is 13.1 Å². The molecule has 0 aliphatic rings. The van der Waals surface area contributed by atoms with Crippen molar-refractivity contribution in [2.45, 2.75) is 26.3 Å². The van der Waals surface area contributed by atoms with E-state index in [1.807, 2.05) is 32.8 Å². The van der Waals surface area contributed by atoms with Crippen molar-refractivity contribution in [2.75, 3.05) is 20.6 Å². The minimum atomic E-state index is -3.59. The summed E-state index contributed by atoms with van der Waals surface area (Å²) in [6.07, 6.45) is 0.786. The lowest BCUT2D eigenvalue weighted by atomic mass is 10.0. The van der Waals surface area contributed by atoms with E-state index < -0.39 is 10.2 Å². The molecule has 0 saturated carbocycles. The SMILES string of the molecule is CC(C)CC(CN(C)C)NS(N)(=O)=O. The zero-order valence-electron chi connectivity index (χ0n) is 9.32. The number of likely N-dealkylation sites (N-methyl/N-ethyl adjacent to an activating group) is 1. The lowest BCUT2D eigenvalue weighted by molar-refractivity contribution is 0.329. The van der Waals surface area contributed by atoms with Gasteiger partial charge in [0.05, 0.1) is 0 Å². The summed E-state index contributed by atoms with van der Waals surface area (Å²) in [5.41, 5.74) is 0. The van der Waals surface area contributed by atoms with E-state index in [1.165, 1.54) is 0 Å². The highest BCUT2D eigenvalue weighted by molar-refractivity contribution is 7.87. The Hall–Kier alpha value is -0.170. The van der Waals surface area contributed by atoms with Crippen LogP contribution in [-0.2, 0) is 10.2 Å². The van der Waals surface area contributed by atoms with E-state index in [2.05, 4.69) is 4.72 Å². The molecule has 6 heteroatoms. The number of hydrogen-bond donors (Lipinski definition) is 2. The third-order valence-electron chi connectivity index (χ3n) is 1.67. The maximum absolute atomic E-state index is 10.9. The number of hydrogen-bond acceptors (Lipinski definition) is 3. The highest BCUT2D eigenvalue weighted by atomic mass is 32.2. The van der Waals surface area contributed by atoms with Gasteiger partial charge in [0.1, 0.15) is 0 Å². The summed E-state index contributed by atoms with van der Waals surface area (Å²) in [5, 5.41) is 4.93. The molecule has 0 spiro atoms. The van der Waals surface area contributed by atoms with Crippen molar-refractivity contribution < 1.29 is 8.42 Å². The van der Waals surface area contributed by atoms with Crippen LogP contribution in [0.5, 0.6) is 0 Å². The van der Waals surface area contributed by atoms with E-state index in [1.54, 1.807) is 0 Å². The van der Waals surface area contributed by atoms with Crippen molar-refractivity contribution in [1.82, 2.24) is 9.62 Å². The van der Waals surface area contributed by atoms with Crippen molar-refractivity contribution in [2.24, 2.45) is 11.1 Å². The first kappa shape index (κ1) is 13.8.